The summed E-state index contributed by atoms with van der Waals surface area (Å²) in [5.74, 6) is 1.80. The van der Waals surface area contributed by atoms with Crippen LogP contribution in [0.1, 0.15) is 17.5 Å². The second-order valence-corrected chi connectivity index (χ2v) is 5.88. The first-order chi connectivity index (χ1) is 9.72. The van der Waals surface area contributed by atoms with Gasteiger partial charge in [0, 0.05) is 26.2 Å². The maximum absolute atomic E-state index is 5.46. The van der Waals surface area contributed by atoms with Crippen molar-refractivity contribution in [2.75, 3.05) is 46.6 Å². The van der Waals surface area contributed by atoms with Gasteiger partial charge in [-0.15, -0.1) is 0 Å². The third-order valence-corrected chi connectivity index (χ3v) is 4.35. The average molecular weight is 276 g/mol. The van der Waals surface area contributed by atoms with Crippen LogP contribution in [0.2, 0.25) is 0 Å². The predicted molar refractivity (Wildman–Crippen MR) is 79.6 cm³/mol. The maximum Gasteiger partial charge on any atom is 0.231 e. The third kappa shape index (κ3) is 3.07. The van der Waals surface area contributed by atoms with Gasteiger partial charge in [0.2, 0.25) is 6.79 Å². The zero-order valence-corrected chi connectivity index (χ0v) is 12.5. The van der Waals surface area contributed by atoms with Gasteiger partial charge in [0.1, 0.15) is 0 Å². The SMILES string of the molecule is Cc1cc2c(cc1CCCN1CCN(C)CC1)OCO2. The van der Waals surface area contributed by atoms with Gasteiger partial charge in [0.15, 0.2) is 11.5 Å². The largest absolute Gasteiger partial charge is 0.454 e. The second kappa shape index (κ2) is 6.02. The minimum atomic E-state index is 0.361. The molecule has 2 aliphatic rings. The van der Waals surface area contributed by atoms with Crippen molar-refractivity contribution >= 4 is 0 Å². The molecule has 1 fully saturated rings. The molecule has 0 N–H and O–H groups in total. The van der Waals surface area contributed by atoms with Crippen molar-refractivity contribution in [3.8, 4) is 11.5 Å². The number of hydrogen-bond donors (Lipinski definition) is 0. The molecule has 0 aliphatic carbocycles. The molecule has 1 saturated heterocycles. The Morgan fingerprint density at radius 2 is 1.75 bits per heavy atom. The Hall–Kier alpha value is -1.26. The Kier molecular flexibility index (Phi) is 4.13. The van der Waals surface area contributed by atoms with E-state index in [9.17, 15) is 0 Å². The molecule has 0 unspecified atom stereocenters. The summed E-state index contributed by atoms with van der Waals surface area (Å²) in [4.78, 5) is 4.97. The maximum atomic E-state index is 5.46. The lowest BCUT2D eigenvalue weighted by Crippen LogP contribution is -2.44. The number of aryl methyl sites for hydroxylation is 2. The molecule has 3 rings (SSSR count). The molecule has 1 aromatic rings. The quantitative estimate of drug-likeness (QED) is 0.838. The summed E-state index contributed by atoms with van der Waals surface area (Å²) < 4.78 is 10.9. The highest BCUT2D eigenvalue weighted by atomic mass is 16.7. The summed E-state index contributed by atoms with van der Waals surface area (Å²) in [6.45, 7) is 8.52. The van der Waals surface area contributed by atoms with E-state index < -0.39 is 0 Å². The van der Waals surface area contributed by atoms with Gasteiger partial charge in [-0.3, -0.25) is 0 Å². The number of piperazine rings is 1. The van der Waals surface area contributed by atoms with Gasteiger partial charge in [0.25, 0.3) is 0 Å². The lowest BCUT2D eigenvalue weighted by molar-refractivity contribution is 0.153. The fraction of sp³-hybridized carbons (Fsp3) is 0.625. The van der Waals surface area contributed by atoms with Crippen molar-refractivity contribution in [1.29, 1.82) is 0 Å². The third-order valence-electron chi connectivity index (χ3n) is 4.35. The monoisotopic (exact) mass is 276 g/mol. The lowest BCUT2D eigenvalue weighted by Gasteiger charge is -2.32. The molecule has 2 heterocycles. The molecule has 0 spiro atoms. The molecule has 4 heteroatoms. The van der Waals surface area contributed by atoms with Crippen LogP contribution in [0.4, 0.5) is 0 Å². The lowest BCUT2D eigenvalue weighted by atomic mass is 10.0. The van der Waals surface area contributed by atoms with Crippen molar-refractivity contribution in [3.63, 3.8) is 0 Å². The molecule has 110 valence electrons. The summed E-state index contributed by atoms with van der Waals surface area (Å²) in [7, 11) is 2.20. The van der Waals surface area contributed by atoms with Gasteiger partial charge >= 0.3 is 0 Å². The van der Waals surface area contributed by atoms with Gasteiger partial charge in [-0.1, -0.05) is 0 Å². The molecule has 0 atom stereocenters. The smallest absolute Gasteiger partial charge is 0.231 e. The first kappa shape index (κ1) is 13.7. The minimum Gasteiger partial charge on any atom is -0.454 e. The molecule has 0 radical (unpaired) electrons. The zero-order valence-electron chi connectivity index (χ0n) is 12.5. The van der Waals surface area contributed by atoms with Crippen LogP contribution >= 0.6 is 0 Å². The van der Waals surface area contributed by atoms with Crippen LogP contribution in [0.15, 0.2) is 12.1 Å². The molecular formula is C16H24N2O2. The zero-order chi connectivity index (χ0) is 13.9. The van der Waals surface area contributed by atoms with E-state index in [2.05, 4.69) is 35.9 Å². The van der Waals surface area contributed by atoms with E-state index in [1.54, 1.807) is 0 Å². The van der Waals surface area contributed by atoms with Gasteiger partial charge in [0.05, 0.1) is 0 Å². The standard InChI is InChI=1S/C16H24N2O2/c1-13-10-15-16(20-12-19-15)11-14(13)4-3-5-18-8-6-17(2)7-9-18/h10-11H,3-9,12H2,1-2H3. The highest BCUT2D eigenvalue weighted by Gasteiger charge is 2.16. The molecule has 0 amide bonds. The van der Waals surface area contributed by atoms with Crippen molar-refractivity contribution in [2.45, 2.75) is 19.8 Å². The van der Waals surface area contributed by atoms with Crippen molar-refractivity contribution in [1.82, 2.24) is 9.80 Å². The van der Waals surface area contributed by atoms with Gasteiger partial charge in [-0.2, -0.15) is 0 Å². The predicted octanol–water partition coefficient (Wildman–Crippen LogP) is 1.90. The van der Waals surface area contributed by atoms with Crippen LogP contribution in [-0.4, -0.2) is 56.4 Å². The number of benzene rings is 1. The van der Waals surface area contributed by atoms with Crippen LogP contribution in [0, 0.1) is 6.92 Å². The number of fused-ring (bicyclic) bond motifs is 1. The fourth-order valence-electron chi connectivity index (χ4n) is 2.92. The number of ether oxygens (including phenoxy) is 2. The first-order valence-corrected chi connectivity index (χ1v) is 7.52. The first-order valence-electron chi connectivity index (χ1n) is 7.52. The van der Waals surface area contributed by atoms with E-state index in [1.807, 2.05) is 0 Å². The average Bonchev–Trinajstić information content (AvgIpc) is 2.88. The van der Waals surface area contributed by atoms with Gasteiger partial charge in [-0.25, -0.2) is 0 Å². The summed E-state index contributed by atoms with van der Waals surface area (Å²) in [5.41, 5.74) is 2.70. The highest BCUT2D eigenvalue weighted by Crippen LogP contribution is 2.34. The summed E-state index contributed by atoms with van der Waals surface area (Å²) in [6, 6.07) is 4.26. The van der Waals surface area contributed by atoms with Crippen LogP contribution in [0.25, 0.3) is 0 Å². The second-order valence-electron chi connectivity index (χ2n) is 5.88. The molecule has 4 nitrogen and oxygen atoms in total. The van der Waals surface area contributed by atoms with Crippen molar-refractivity contribution in [3.05, 3.63) is 23.3 Å². The molecule has 2 aliphatic heterocycles. The van der Waals surface area contributed by atoms with Crippen LogP contribution < -0.4 is 9.47 Å². The number of hydrogen-bond acceptors (Lipinski definition) is 4. The minimum absolute atomic E-state index is 0.361. The Labute approximate surface area is 121 Å². The highest BCUT2D eigenvalue weighted by molar-refractivity contribution is 5.48. The van der Waals surface area contributed by atoms with E-state index in [-0.39, 0.29) is 0 Å². The normalized spacial score (nSPS) is 19.5. The van der Waals surface area contributed by atoms with Crippen LogP contribution in [-0.2, 0) is 6.42 Å². The van der Waals surface area contributed by atoms with Crippen LogP contribution in [0.5, 0.6) is 11.5 Å². The Balaban J connectivity index is 1.51. The van der Waals surface area contributed by atoms with E-state index in [1.165, 1.54) is 50.3 Å². The topological polar surface area (TPSA) is 24.9 Å². The van der Waals surface area contributed by atoms with Crippen molar-refractivity contribution in [2.24, 2.45) is 0 Å². The Bertz CT molecular complexity index is 468. The summed E-state index contributed by atoms with van der Waals surface area (Å²) in [5, 5.41) is 0. The van der Waals surface area contributed by atoms with E-state index in [0.29, 0.717) is 6.79 Å². The fourth-order valence-corrected chi connectivity index (χ4v) is 2.92. The molecule has 0 saturated carbocycles. The number of nitrogens with zero attached hydrogens (tertiary/aromatic N) is 2. The number of rotatable bonds is 4. The van der Waals surface area contributed by atoms with E-state index in [4.69, 9.17) is 9.47 Å². The van der Waals surface area contributed by atoms with Crippen LogP contribution in [0.3, 0.4) is 0 Å². The van der Waals surface area contributed by atoms with E-state index in [0.717, 1.165) is 17.9 Å². The Morgan fingerprint density at radius 1 is 1.05 bits per heavy atom. The summed E-state index contributed by atoms with van der Waals surface area (Å²) in [6.07, 6.45) is 2.33. The summed E-state index contributed by atoms with van der Waals surface area (Å²) >= 11 is 0. The molecule has 0 aromatic heterocycles. The Morgan fingerprint density at radius 3 is 2.50 bits per heavy atom. The molecule has 20 heavy (non-hydrogen) atoms. The van der Waals surface area contributed by atoms with Crippen molar-refractivity contribution < 1.29 is 9.47 Å². The van der Waals surface area contributed by atoms with Gasteiger partial charge in [-0.05, 0) is 56.6 Å². The van der Waals surface area contributed by atoms with E-state index >= 15 is 0 Å². The molecular weight excluding hydrogens is 252 g/mol. The molecule has 1 aromatic carbocycles. The number of likely N-dealkylation sites (N-methyl/N-ethyl adjacent to an activating group) is 1. The van der Waals surface area contributed by atoms with Gasteiger partial charge < -0.3 is 19.3 Å². The molecule has 0 bridgehead atoms.